The van der Waals surface area contributed by atoms with Crippen molar-refractivity contribution in [1.82, 2.24) is 9.80 Å². The van der Waals surface area contributed by atoms with Crippen LogP contribution in [0.5, 0.6) is 0 Å². The van der Waals surface area contributed by atoms with Gasteiger partial charge in [0.25, 0.3) is 0 Å². The molecular formula is C19H38N2. The Morgan fingerprint density at radius 3 is 1.95 bits per heavy atom. The van der Waals surface area contributed by atoms with E-state index in [2.05, 4.69) is 37.6 Å². The van der Waals surface area contributed by atoms with Crippen molar-refractivity contribution in [3.8, 4) is 0 Å². The lowest BCUT2D eigenvalue weighted by Gasteiger charge is -2.52. The van der Waals surface area contributed by atoms with Gasteiger partial charge in [-0.15, -0.1) is 0 Å². The fraction of sp³-hybridized carbons (Fsp3) is 1.00. The third-order valence-electron chi connectivity index (χ3n) is 5.77. The fourth-order valence-electron chi connectivity index (χ4n) is 4.50. The smallest absolute Gasteiger partial charge is 0.00474 e. The minimum atomic E-state index is 0.752. The molecule has 0 unspecified atom stereocenters. The highest BCUT2D eigenvalue weighted by atomic mass is 15.2. The third-order valence-corrected chi connectivity index (χ3v) is 5.77. The Morgan fingerprint density at radius 1 is 0.952 bits per heavy atom. The molecule has 0 amide bonds. The molecule has 0 radical (unpaired) electrons. The predicted octanol–water partition coefficient (Wildman–Crippen LogP) is 4.26. The first-order valence-electron chi connectivity index (χ1n) is 9.48. The molecule has 1 spiro atoms. The molecule has 3 rings (SSSR count). The van der Waals surface area contributed by atoms with E-state index in [1.807, 2.05) is 0 Å². The average Bonchev–Trinajstić information content (AvgIpc) is 2.43. The van der Waals surface area contributed by atoms with Crippen LogP contribution < -0.4 is 0 Å². The van der Waals surface area contributed by atoms with Crippen LogP contribution in [0.4, 0.5) is 0 Å². The molecule has 1 saturated carbocycles. The van der Waals surface area contributed by atoms with Crippen LogP contribution in [0.3, 0.4) is 0 Å². The van der Waals surface area contributed by atoms with Gasteiger partial charge in [-0.2, -0.15) is 0 Å². The van der Waals surface area contributed by atoms with E-state index < -0.39 is 0 Å². The zero-order valence-electron chi connectivity index (χ0n) is 15.0. The summed E-state index contributed by atoms with van der Waals surface area (Å²) >= 11 is 0. The Hall–Kier alpha value is -0.0800. The molecule has 124 valence electrons. The van der Waals surface area contributed by atoms with E-state index in [0.717, 1.165) is 17.3 Å². The largest absolute Gasteiger partial charge is 0.305 e. The van der Waals surface area contributed by atoms with Crippen LogP contribution in [-0.2, 0) is 0 Å². The van der Waals surface area contributed by atoms with Gasteiger partial charge in [0.05, 0.1) is 0 Å². The van der Waals surface area contributed by atoms with Gasteiger partial charge < -0.3 is 9.80 Å². The number of rotatable bonds is 2. The molecule has 0 aromatic carbocycles. The molecular weight excluding hydrogens is 256 g/mol. The predicted molar refractivity (Wildman–Crippen MR) is 92.7 cm³/mol. The maximum atomic E-state index is 2.75. The SMILES string of the molecule is CC1CCN(CC2CCC3(CC2)CN(C)C3)CC1.CCC. The van der Waals surface area contributed by atoms with Gasteiger partial charge in [-0.25, -0.2) is 0 Å². The van der Waals surface area contributed by atoms with Crippen LogP contribution in [0.2, 0.25) is 0 Å². The maximum Gasteiger partial charge on any atom is 0.00474 e. The Kier molecular flexibility index (Phi) is 6.55. The average molecular weight is 295 g/mol. The lowest BCUT2D eigenvalue weighted by Crippen LogP contribution is -2.56. The van der Waals surface area contributed by atoms with Crippen molar-refractivity contribution in [3.63, 3.8) is 0 Å². The standard InChI is InChI=1S/C16H30N2.C3H8/c1-14-5-9-18(10-6-14)11-15-3-7-16(8-4-15)12-17(2)13-16;1-3-2/h14-15H,3-13H2,1-2H3;3H2,1-2H3. The summed E-state index contributed by atoms with van der Waals surface area (Å²) in [7, 11) is 2.27. The summed E-state index contributed by atoms with van der Waals surface area (Å²) < 4.78 is 0. The van der Waals surface area contributed by atoms with E-state index >= 15 is 0 Å². The maximum absolute atomic E-state index is 2.75. The molecule has 2 saturated heterocycles. The van der Waals surface area contributed by atoms with Crippen LogP contribution in [0.15, 0.2) is 0 Å². The van der Waals surface area contributed by atoms with Gasteiger partial charge in [-0.05, 0) is 75.9 Å². The third kappa shape index (κ3) is 4.96. The second-order valence-corrected chi connectivity index (χ2v) is 8.31. The van der Waals surface area contributed by atoms with E-state index in [-0.39, 0.29) is 0 Å². The minimum Gasteiger partial charge on any atom is -0.305 e. The Labute approximate surface area is 133 Å². The zero-order chi connectivity index (χ0) is 15.3. The zero-order valence-corrected chi connectivity index (χ0v) is 15.0. The first kappa shape index (κ1) is 17.3. The second-order valence-electron chi connectivity index (χ2n) is 8.31. The molecule has 3 aliphatic rings. The van der Waals surface area contributed by atoms with E-state index in [4.69, 9.17) is 0 Å². The van der Waals surface area contributed by atoms with Crippen LogP contribution in [0.1, 0.15) is 65.7 Å². The molecule has 2 heteroatoms. The summed E-state index contributed by atoms with van der Waals surface area (Å²) in [5, 5.41) is 0. The van der Waals surface area contributed by atoms with Crippen LogP contribution in [0, 0.1) is 17.3 Å². The van der Waals surface area contributed by atoms with Gasteiger partial charge in [0.2, 0.25) is 0 Å². The Bertz CT molecular complexity index is 278. The van der Waals surface area contributed by atoms with Gasteiger partial charge >= 0.3 is 0 Å². The topological polar surface area (TPSA) is 6.48 Å². The summed E-state index contributed by atoms with van der Waals surface area (Å²) in [6.45, 7) is 13.5. The summed E-state index contributed by atoms with van der Waals surface area (Å²) in [4.78, 5) is 5.24. The van der Waals surface area contributed by atoms with Crippen molar-refractivity contribution in [2.45, 2.75) is 65.7 Å². The van der Waals surface area contributed by atoms with Crippen molar-refractivity contribution < 1.29 is 0 Å². The molecule has 3 fully saturated rings. The molecule has 2 heterocycles. The lowest BCUT2D eigenvalue weighted by atomic mass is 9.66. The monoisotopic (exact) mass is 294 g/mol. The second kappa shape index (κ2) is 7.97. The quantitative estimate of drug-likeness (QED) is 0.751. The Morgan fingerprint density at radius 2 is 1.48 bits per heavy atom. The number of hydrogen-bond donors (Lipinski definition) is 0. The molecule has 0 atom stereocenters. The molecule has 0 aromatic rings. The molecule has 2 nitrogen and oxygen atoms in total. The summed E-state index contributed by atoms with van der Waals surface area (Å²) in [5.74, 6) is 1.98. The fourth-order valence-corrected chi connectivity index (χ4v) is 4.50. The number of likely N-dealkylation sites (tertiary alicyclic amines) is 2. The van der Waals surface area contributed by atoms with Crippen LogP contribution >= 0.6 is 0 Å². The number of nitrogens with zero attached hydrogens (tertiary/aromatic N) is 2. The van der Waals surface area contributed by atoms with Gasteiger partial charge in [-0.1, -0.05) is 27.2 Å². The molecule has 1 aliphatic carbocycles. The molecule has 0 aromatic heterocycles. The van der Waals surface area contributed by atoms with Crippen LogP contribution in [0.25, 0.3) is 0 Å². The number of piperidine rings is 1. The van der Waals surface area contributed by atoms with E-state index in [0.29, 0.717) is 0 Å². The van der Waals surface area contributed by atoms with Crippen molar-refractivity contribution in [2.75, 3.05) is 39.8 Å². The van der Waals surface area contributed by atoms with Gasteiger partial charge in [0.1, 0.15) is 0 Å². The Balaban J connectivity index is 0.000000497. The normalized spacial score (nSPS) is 28.0. The van der Waals surface area contributed by atoms with E-state index in [1.54, 1.807) is 0 Å². The van der Waals surface area contributed by atoms with Crippen LogP contribution in [-0.4, -0.2) is 49.6 Å². The summed E-state index contributed by atoms with van der Waals surface area (Å²) in [6.07, 6.45) is 10.1. The van der Waals surface area contributed by atoms with Crippen molar-refractivity contribution in [3.05, 3.63) is 0 Å². The van der Waals surface area contributed by atoms with E-state index in [1.165, 1.54) is 77.7 Å². The molecule has 0 bridgehead atoms. The van der Waals surface area contributed by atoms with Gasteiger partial charge in [0, 0.05) is 19.6 Å². The summed E-state index contributed by atoms with van der Waals surface area (Å²) in [5.41, 5.74) is 0.752. The van der Waals surface area contributed by atoms with E-state index in [9.17, 15) is 0 Å². The first-order valence-corrected chi connectivity index (χ1v) is 9.48. The van der Waals surface area contributed by atoms with Gasteiger partial charge in [-0.3, -0.25) is 0 Å². The highest BCUT2D eigenvalue weighted by molar-refractivity contribution is 4.96. The van der Waals surface area contributed by atoms with Crippen molar-refractivity contribution in [2.24, 2.45) is 17.3 Å². The van der Waals surface area contributed by atoms with Crippen molar-refractivity contribution >= 4 is 0 Å². The number of hydrogen-bond acceptors (Lipinski definition) is 2. The molecule has 21 heavy (non-hydrogen) atoms. The molecule has 0 N–H and O–H groups in total. The van der Waals surface area contributed by atoms with Crippen molar-refractivity contribution in [1.29, 1.82) is 0 Å². The first-order chi connectivity index (χ1) is 10.1. The van der Waals surface area contributed by atoms with Gasteiger partial charge in [0.15, 0.2) is 0 Å². The lowest BCUT2D eigenvalue weighted by molar-refractivity contribution is -0.0256. The summed E-state index contributed by atoms with van der Waals surface area (Å²) in [6, 6.07) is 0. The molecule has 2 aliphatic heterocycles. The minimum absolute atomic E-state index is 0.752. The highest BCUT2D eigenvalue weighted by Crippen LogP contribution is 2.45. The highest BCUT2D eigenvalue weighted by Gasteiger charge is 2.43.